The lowest BCUT2D eigenvalue weighted by atomic mass is 10.1. The van der Waals surface area contributed by atoms with Crippen molar-refractivity contribution in [1.82, 2.24) is 15.2 Å². The largest absolute Gasteiger partial charge is 0.347 e. The summed E-state index contributed by atoms with van der Waals surface area (Å²) in [5.41, 5.74) is 1.64. The molecule has 2 amide bonds. The van der Waals surface area contributed by atoms with Gasteiger partial charge in [0.1, 0.15) is 0 Å². The number of carbonyl (C=O) groups is 2. The molecule has 3 heterocycles. The fourth-order valence-electron chi connectivity index (χ4n) is 3.10. The first-order chi connectivity index (χ1) is 13.7. The molecule has 6 nitrogen and oxygen atoms in total. The second kappa shape index (κ2) is 8.53. The van der Waals surface area contributed by atoms with E-state index in [-0.39, 0.29) is 11.8 Å². The zero-order valence-corrected chi connectivity index (χ0v) is 16.8. The van der Waals surface area contributed by atoms with Crippen LogP contribution in [0.3, 0.4) is 0 Å². The molecule has 0 radical (unpaired) electrons. The summed E-state index contributed by atoms with van der Waals surface area (Å²) in [6, 6.07) is 11.1. The van der Waals surface area contributed by atoms with Gasteiger partial charge >= 0.3 is 0 Å². The van der Waals surface area contributed by atoms with Gasteiger partial charge in [-0.3, -0.25) is 9.59 Å². The van der Waals surface area contributed by atoms with Crippen molar-refractivity contribution in [3.8, 4) is 0 Å². The first-order valence-corrected chi connectivity index (χ1v) is 10.8. The van der Waals surface area contributed by atoms with Gasteiger partial charge in [-0.2, -0.15) is 0 Å². The number of amides is 2. The maximum Gasteiger partial charge on any atom is 0.261 e. The molecule has 28 heavy (non-hydrogen) atoms. The first-order valence-electron chi connectivity index (χ1n) is 9.05. The molecule has 1 aromatic carbocycles. The zero-order valence-electron chi connectivity index (χ0n) is 15.2. The van der Waals surface area contributed by atoms with E-state index in [1.165, 1.54) is 11.3 Å². The third-order valence-electron chi connectivity index (χ3n) is 4.66. The van der Waals surface area contributed by atoms with E-state index >= 15 is 0 Å². The quantitative estimate of drug-likeness (QED) is 0.699. The van der Waals surface area contributed by atoms with Crippen LogP contribution < -0.4 is 10.2 Å². The van der Waals surface area contributed by atoms with Crippen molar-refractivity contribution in [2.24, 2.45) is 0 Å². The Hall–Kier alpha value is -2.71. The standard InChI is InChI=1S/C20H20N4O2S2/c25-18(17-2-1-12-27-17)22-14-15-3-5-16(6-4-15)19(26)23-8-10-24(11-9-23)20-21-7-13-28-20/h1-7,12-13H,8-11,14H2,(H,22,25). The van der Waals surface area contributed by atoms with Crippen LogP contribution in [0.15, 0.2) is 53.4 Å². The van der Waals surface area contributed by atoms with E-state index in [0.29, 0.717) is 30.1 Å². The Morgan fingerprint density at radius 2 is 1.79 bits per heavy atom. The number of hydrogen-bond acceptors (Lipinski definition) is 6. The topological polar surface area (TPSA) is 65.5 Å². The average Bonchev–Trinajstić information content (AvgIpc) is 3.46. The summed E-state index contributed by atoms with van der Waals surface area (Å²) in [5, 5.41) is 7.76. The maximum absolute atomic E-state index is 12.8. The Balaban J connectivity index is 1.30. The molecule has 1 saturated heterocycles. The summed E-state index contributed by atoms with van der Waals surface area (Å²) in [7, 11) is 0. The number of thiophene rings is 1. The molecule has 2 aromatic heterocycles. The molecule has 1 fully saturated rings. The van der Waals surface area contributed by atoms with E-state index in [1.54, 1.807) is 17.4 Å². The number of carbonyl (C=O) groups excluding carboxylic acids is 2. The summed E-state index contributed by atoms with van der Waals surface area (Å²) in [6.07, 6.45) is 1.81. The highest BCUT2D eigenvalue weighted by Crippen LogP contribution is 2.19. The second-order valence-corrected chi connectivity index (χ2v) is 8.27. The fourth-order valence-corrected chi connectivity index (χ4v) is 4.43. The number of rotatable bonds is 5. The summed E-state index contributed by atoms with van der Waals surface area (Å²) in [5.74, 6) is -0.0267. The van der Waals surface area contributed by atoms with Gasteiger partial charge in [0.25, 0.3) is 11.8 Å². The number of nitrogens with one attached hydrogen (secondary N) is 1. The molecular weight excluding hydrogens is 392 g/mol. The van der Waals surface area contributed by atoms with E-state index in [9.17, 15) is 9.59 Å². The average molecular weight is 413 g/mol. The smallest absolute Gasteiger partial charge is 0.261 e. The number of benzene rings is 1. The number of anilines is 1. The van der Waals surface area contributed by atoms with E-state index in [1.807, 2.05) is 52.2 Å². The highest BCUT2D eigenvalue weighted by atomic mass is 32.1. The minimum absolute atomic E-state index is 0.0490. The Bertz CT molecular complexity index is 916. The molecule has 0 unspecified atom stereocenters. The number of hydrogen-bond donors (Lipinski definition) is 1. The van der Waals surface area contributed by atoms with E-state index in [2.05, 4.69) is 15.2 Å². The monoisotopic (exact) mass is 412 g/mol. The van der Waals surface area contributed by atoms with E-state index in [4.69, 9.17) is 0 Å². The molecule has 8 heteroatoms. The second-order valence-electron chi connectivity index (χ2n) is 6.45. The van der Waals surface area contributed by atoms with Crippen molar-refractivity contribution in [3.63, 3.8) is 0 Å². The van der Waals surface area contributed by atoms with Gasteiger partial charge in [-0.1, -0.05) is 18.2 Å². The van der Waals surface area contributed by atoms with Gasteiger partial charge in [0, 0.05) is 49.9 Å². The van der Waals surface area contributed by atoms with Crippen molar-refractivity contribution < 1.29 is 9.59 Å². The minimum atomic E-state index is -0.0757. The van der Waals surface area contributed by atoms with Crippen molar-refractivity contribution in [2.75, 3.05) is 31.1 Å². The summed E-state index contributed by atoms with van der Waals surface area (Å²) >= 11 is 3.04. The third-order valence-corrected chi connectivity index (χ3v) is 6.36. The van der Waals surface area contributed by atoms with Crippen LogP contribution in [0, 0.1) is 0 Å². The van der Waals surface area contributed by atoms with Gasteiger partial charge in [-0.05, 0) is 29.1 Å². The van der Waals surface area contributed by atoms with Gasteiger partial charge in [-0.25, -0.2) is 4.98 Å². The van der Waals surface area contributed by atoms with Crippen LogP contribution in [0.2, 0.25) is 0 Å². The van der Waals surface area contributed by atoms with Crippen molar-refractivity contribution in [3.05, 3.63) is 69.4 Å². The van der Waals surface area contributed by atoms with Crippen LogP contribution in [0.4, 0.5) is 5.13 Å². The fraction of sp³-hybridized carbons (Fsp3) is 0.250. The molecule has 1 aliphatic rings. The van der Waals surface area contributed by atoms with Gasteiger partial charge < -0.3 is 15.1 Å². The van der Waals surface area contributed by atoms with Crippen LogP contribution in [-0.2, 0) is 6.54 Å². The highest BCUT2D eigenvalue weighted by Gasteiger charge is 2.23. The van der Waals surface area contributed by atoms with Gasteiger partial charge in [0.05, 0.1) is 4.88 Å². The Morgan fingerprint density at radius 1 is 1.00 bits per heavy atom. The molecule has 144 valence electrons. The van der Waals surface area contributed by atoms with Crippen molar-refractivity contribution in [2.45, 2.75) is 6.54 Å². The van der Waals surface area contributed by atoms with Gasteiger partial charge in [0.15, 0.2) is 5.13 Å². The predicted octanol–water partition coefficient (Wildman–Crippen LogP) is 3.10. The summed E-state index contributed by atoms with van der Waals surface area (Å²) in [4.78, 5) is 33.9. The van der Waals surface area contributed by atoms with Crippen LogP contribution in [0.5, 0.6) is 0 Å². The number of piperazine rings is 1. The molecular formula is C20H20N4O2S2. The summed E-state index contributed by atoms with van der Waals surface area (Å²) in [6.45, 7) is 3.42. The summed E-state index contributed by atoms with van der Waals surface area (Å²) < 4.78 is 0. The molecule has 0 spiro atoms. The molecule has 0 bridgehead atoms. The SMILES string of the molecule is O=C(NCc1ccc(C(=O)N2CCN(c3nccs3)CC2)cc1)c1cccs1. The number of thiazole rings is 1. The normalized spacial score (nSPS) is 14.1. The lowest BCUT2D eigenvalue weighted by molar-refractivity contribution is 0.0746. The van der Waals surface area contributed by atoms with Crippen LogP contribution in [0.25, 0.3) is 0 Å². The molecule has 0 saturated carbocycles. The minimum Gasteiger partial charge on any atom is -0.347 e. The highest BCUT2D eigenvalue weighted by molar-refractivity contribution is 7.13. The van der Waals surface area contributed by atoms with E-state index < -0.39 is 0 Å². The maximum atomic E-state index is 12.8. The third kappa shape index (κ3) is 4.23. The zero-order chi connectivity index (χ0) is 19.3. The van der Waals surface area contributed by atoms with Crippen molar-refractivity contribution >= 4 is 39.6 Å². The number of nitrogens with zero attached hydrogens (tertiary/aromatic N) is 3. The lowest BCUT2D eigenvalue weighted by Crippen LogP contribution is -2.48. The Morgan fingerprint density at radius 3 is 2.43 bits per heavy atom. The molecule has 1 N–H and O–H groups in total. The number of aromatic nitrogens is 1. The lowest BCUT2D eigenvalue weighted by Gasteiger charge is -2.34. The predicted molar refractivity (Wildman–Crippen MR) is 112 cm³/mol. The molecule has 4 rings (SSSR count). The van der Waals surface area contributed by atoms with Crippen LogP contribution in [-0.4, -0.2) is 47.9 Å². The van der Waals surface area contributed by atoms with Gasteiger partial charge in [-0.15, -0.1) is 22.7 Å². The Kier molecular flexibility index (Phi) is 5.68. The molecule has 0 aliphatic carbocycles. The molecule has 1 aliphatic heterocycles. The first kappa shape index (κ1) is 18.6. The molecule has 0 atom stereocenters. The van der Waals surface area contributed by atoms with Gasteiger partial charge in [0.2, 0.25) is 0 Å². The van der Waals surface area contributed by atoms with Crippen molar-refractivity contribution in [1.29, 1.82) is 0 Å². The van der Waals surface area contributed by atoms with E-state index in [0.717, 1.165) is 23.8 Å². The van der Waals surface area contributed by atoms with Crippen LogP contribution in [0.1, 0.15) is 25.6 Å². The van der Waals surface area contributed by atoms with Crippen LogP contribution >= 0.6 is 22.7 Å². The molecule has 3 aromatic rings. The Labute approximate surface area is 171 Å².